The normalized spacial score (nSPS) is 12.7. The van der Waals surface area contributed by atoms with Gasteiger partial charge in [-0.1, -0.05) is 30.3 Å². The summed E-state index contributed by atoms with van der Waals surface area (Å²) in [5.74, 6) is 0. The van der Waals surface area contributed by atoms with Crippen LogP contribution in [0, 0.1) is 0 Å². The highest BCUT2D eigenvalue weighted by atomic mass is 14.9. The minimum atomic E-state index is 0.546. The van der Waals surface area contributed by atoms with Crippen molar-refractivity contribution < 1.29 is 0 Å². The summed E-state index contributed by atoms with van der Waals surface area (Å²) >= 11 is 0. The van der Waals surface area contributed by atoms with Gasteiger partial charge >= 0.3 is 0 Å². The zero-order valence-electron chi connectivity index (χ0n) is 9.58. The van der Waals surface area contributed by atoms with Crippen LogP contribution in [0.4, 0.5) is 0 Å². The van der Waals surface area contributed by atoms with Crippen molar-refractivity contribution in [2.75, 3.05) is 13.1 Å². The van der Waals surface area contributed by atoms with E-state index in [0.29, 0.717) is 6.04 Å². The van der Waals surface area contributed by atoms with E-state index < -0.39 is 0 Å². The van der Waals surface area contributed by atoms with Gasteiger partial charge in [0, 0.05) is 6.04 Å². The Kier molecular flexibility index (Phi) is 6.05. The van der Waals surface area contributed by atoms with Gasteiger partial charge in [-0.2, -0.15) is 0 Å². The molecule has 0 aliphatic carbocycles. The van der Waals surface area contributed by atoms with Crippen LogP contribution in [0.5, 0.6) is 0 Å². The van der Waals surface area contributed by atoms with Crippen molar-refractivity contribution in [3.63, 3.8) is 0 Å². The Hall–Kier alpha value is -0.860. The highest BCUT2D eigenvalue weighted by molar-refractivity contribution is 5.15. The quantitative estimate of drug-likeness (QED) is 0.669. The molecule has 0 spiro atoms. The Balaban J connectivity index is 2.16. The standard InChI is InChI=1S/C13H22N2/c1-12(15-10-6-5-9-14)11-13-7-3-2-4-8-13/h2-4,7-8,12,15H,5-6,9-11,14H2,1H3. The monoisotopic (exact) mass is 206 g/mol. The highest BCUT2D eigenvalue weighted by Gasteiger charge is 2.01. The maximum Gasteiger partial charge on any atom is 0.00791 e. The predicted octanol–water partition coefficient (Wildman–Crippen LogP) is 1.95. The van der Waals surface area contributed by atoms with Gasteiger partial charge in [-0.3, -0.25) is 0 Å². The fourth-order valence-corrected chi connectivity index (χ4v) is 1.66. The van der Waals surface area contributed by atoms with Crippen molar-refractivity contribution >= 4 is 0 Å². The molecule has 0 saturated heterocycles. The molecule has 1 aromatic carbocycles. The SMILES string of the molecule is CC(Cc1ccccc1)NCCCCN. The summed E-state index contributed by atoms with van der Waals surface area (Å²) in [6, 6.07) is 11.1. The topological polar surface area (TPSA) is 38.0 Å². The summed E-state index contributed by atoms with van der Waals surface area (Å²) < 4.78 is 0. The van der Waals surface area contributed by atoms with Crippen LogP contribution < -0.4 is 11.1 Å². The highest BCUT2D eigenvalue weighted by Crippen LogP contribution is 2.02. The Morgan fingerprint density at radius 2 is 1.93 bits per heavy atom. The van der Waals surface area contributed by atoms with Gasteiger partial charge in [0.25, 0.3) is 0 Å². The van der Waals surface area contributed by atoms with Gasteiger partial charge in [0.15, 0.2) is 0 Å². The van der Waals surface area contributed by atoms with Crippen LogP contribution in [0.3, 0.4) is 0 Å². The number of nitrogens with one attached hydrogen (secondary N) is 1. The number of unbranched alkanes of at least 4 members (excludes halogenated alkanes) is 1. The molecule has 2 nitrogen and oxygen atoms in total. The fraction of sp³-hybridized carbons (Fsp3) is 0.538. The Morgan fingerprint density at radius 3 is 2.60 bits per heavy atom. The van der Waals surface area contributed by atoms with Crippen LogP contribution in [0.25, 0.3) is 0 Å². The summed E-state index contributed by atoms with van der Waals surface area (Å²) in [6.45, 7) is 4.11. The second-order valence-electron chi connectivity index (χ2n) is 4.04. The summed E-state index contributed by atoms with van der Waals surface area (Å²) in [5, 5.41) is 3.51. The van der Waals surface area contributed by atoms with Gasteiger partial charge in [-0.25, -0.2) is 0 Å². The smallest absolute Gasteiger partial charge is 0.00791 e. The molecule has 84 valence electrons. The molecule has 2 heteroatoms. The fourth-order valence-electron chi connectivity index (χ4n) is 1.66. The number of hydrogen-bond acceptors (Lipinski definition) is 2. The molecule has 0 bridgehead atoms. The minimum absolute atomic E-state index is 0.546. The summed E-state index contributed by atoms with van der Waals surface area (Å²) in [6.07, 6.45) is 3.39. The molecule has 1 aromatic rings. The minimum Gasteiger partial charge on any atom is -0.330 e. The molecule has 1 unspecified atom stereocenters. The van der Waals surface area contributed by atoms with Gasteiger partial charge in [-0.15, -0.1) is 0 Å². The summed E-state index contributed by atoms with van der Waals surface area (Å²) in [7, 11) is 0. The van der Waals surface area contributed by atoms with Crippen LogP contribution in [0.2, 0.25) is 0 Å². The average Bonchev–Trinajstić information content (AvgIpc) is 2.26. The second kappa shape index (κ2) is 7.43. The zero-order valence-corrected chi connectivity index (χ0v) is 9.58. The Labute approximate surface area is 92.9 Å². The van der Waals surface area contributed by atoms with Crippen LogP contribution in [-0.2, 0) is 6.42 Å². The molecule has 0 aliphatic heterocycles. The zero-order chi connectivity index (χ0) is 10.9. The van der Waals surface area contributed by atoms with Crippen molar-refractivity contribution in [2.45, 2.75) is 32.2 Å². The molecule has 0 fully saturated rings. The molecule has 0 saturated carbocycles. The predicted molar refractivity (Wildman–Crippen MR) is 65.9 cm³/mol. The van der Waals surface area contributed by atoms with E-state index in [2.05, 4.69) is 42.6 Å². The molecular formula is C13H22N2. The van der Waals surface area contributed by atoms with E-state index in [9.17, 15) is 0 Å². The van der Waals surface area contributed by atoms with Gasteiger partial charge < -0.3 is 11.1 Å². The summed E-state index contributed by atoms with van der Waals surface area (Å²) in [4.78, 5) is 0. The molecule has 1 atom stereocenters. The molecule has 0 amide bonds. The average molecular weight is 206 g/mol. The molecule has 1 rings (SSSR count). The van der Waals surface area contributed by atoms with Crippen molar-refractivity contribution in [1.82, 2.24) is 5.32 Å². The van der Waals surface area contributed by atoms with Crippen molar-refractivity contribution in [2.24, 2.45) is 5.73 Å². The van der Waals surface area contributed by atoms with Crippen LogP contribution in [0.1, 0.15) is 25.3 Å². The molecular weight excluding hydrogens is 184 g/mol. The molecule has 0 heterocycles. The number of benzene rings is 1. The van der Waals surface area contributed by atoms with Crippen LogP contribution >= 0.6 is 0 Å². The lowest BCUT2D eigenvalue weighted by Gasteiger charge is -2.13. The van der Waals surface area contributed by atoms with Gasteiger partial charge in [0.05, 0.1) is 0 Å². The molecule has 15 heavy (non-hydrogen) atoms. The third-order valence-corrected chi connectivity index (χ3v) is 2.51. The third-order valence-electron chi connectivity index (χ3n) is 2.51. The van der Waals surface area contributed by atoms with E-state index in [1.165, 1.54) is 12.0 Å². The maximum atomic E-state index is 5.44. The first kappa shape index (κ1) is 12.2. The van der Waals surface area contributed by atoms with Gasteiger partial charge in [-0.05, 0) is 44.8 Å². The second-order valence-corrected chi connectivity index (χ2v) is 4.04. The van der Waals surface area contributed by atoms with E-state index in [0.717, 1.165) is 25.9 Å². The largest absolute Gasteiger partial charge is 0.330 e. The van der Waals surface area contributed by atoms with Crippen molar-refractivity contribution in [1.29, 1.82) is 0 Å². The van der Waals surface area contributed by atoms with E-state index in [1.807, 2.05) is 0 Å². The lowest BCUT2D eigenvalue weighted by Crippen LogP contribution is -2.29. The van der Waals surface area contributed by atoms with Gasteiger partial charge in [0.2, 0.25) is 0 Å². The number of hydrogen-bond donors (Lipinski definition) is 2. The van der Waals surface area contributed by atoms with Crippen molar-refractivity contribution in [3.05, 3.63) is 35.9 Å². The third kappa shape index (κ3) is 5.55. The molecule has 0 radical (unpaired) electrons. The number of nitrogens with two attached hydrogens (primary N) is 1. The first-order valence-electron chi connectivity index (χ1n) is 5.80. The van der Waals surface area contributed by atoms with Crippen LogP contribution in [-0.4, -0.2) is 19.1 Å². The lowest BCUT2D eigenvalue weighted by molar-refractivity contribution is 0.527. The van der Waals surface area contributed by atoms with E-state index in [4.69, 9.17) is 5.73 Å². The molecule has 0 aromatic heterocycles. The molecule has 3 N–H and O–H groups in total. The first-order valence-corrected chi connectivity index (χ1v) is 5.80. The summed E-state index contributed by atoms with van der Waals surface area (Å²) in [5.41, 5.74) is 6.84. The Bertz CT molecular complexity index is 246. The number of rotatable bonds is 7. The maximum absolute atomic E-state index is 5.44. The van der Waals surface area contributed by atoms with E-state index >= 15 is 0 Å². The lowest BCUT2D eigenvalue weighted by atomic mass is 10.1. The first-order chi connectivity index (χ1) is 7.33. The van der Waals surface area contributed by atoms with E-state index in [1.54, 1.807) is 0 Å². The van der Waals surface area contributed by atoms with Crippen LogP contribution in [0.15, 0.2) is 30.3 Å². The van der Waals surface area contributed by atoms with E-state index in [-0.39, 0.29) is 0 Å². The molecule has 0 aliphatic rings. The van der Waals surface area contributed by atoms with Crippen molar-refractivity contribution in [3.8, 4) is 0 Å². The Morgan fingerprint density at radius 1 is 1.20 bits per heavy atom. The van der Waals surface area contributed by atoms with Gasteiger partial charge in [0.1, 0.15) is 0 Å².